The Morgan fingerprint density at radius 2 is 1.91 bits per heavy atom. The normalized spacial score (nSPS) is 10.3. The lowest BCUT2D eigenvalue weighted by atomic mass is 10.2. The number of rotatable bonds is 5. The van der Waals surface area contributed by atoms with Crippen LogP contribution in [0.15, 0.2) is 59.2 Å². The lowest BCUT2D eigenvalue weighted by Crippen LogP contribution is -2.05. The molecular weight excluding hydrogens is 354 g/mol. The molecule has 2 heterocycles. The molecule has 0 aliphatic carbocycles. The van der Waals surface area contributed by atoms with E-state index in [1.165, 1.54) is 0 Å². The summed E-state index contributed by atoms with van der Waals surface area (Å²) in [5, 5.41) is 6.46. The molecule has 23 heavy (non-hydrogen) atoms. The van der Waals surface area contributed by atoms with Gasteiger partial charge in [0.05, 0.1) is 11.4 Å². The maximum absolute atomic E-state index is 4.52. The number of hydrogen-bond donors (Lipinski definition) is 2. The van der Waals surface area contributed by atoms with Crippen LogP contribution in [0, 0.1) is 0 Å². The zero-order chi connectivity index (χ0) is 16.1. The van der Waals surface area contributed by atoms with Gasteiger partial charge in [-0.3, -0.25) is 4.98 Å². The Labute approximate surface area is 143 Å². The van der Waals surface area contributed by atoms with Gasteiger partial charge in [0.25, 0.3) is 0 Å². The van der Waals surface area contributed by atoms with Crippen LogP contribution in [-0.4, -0.2) is 21.5 Å². The zero-order valence-corrected chi connectivity index (χ0v) is 14.2. The van der Waals surface area contributed by atoms with Crippen molar-refractivity contribution >= 4 is 33.4 Å². The lowest BCUT2D eigenvalue weighted by molar-refractivity contribution is 1.08. The first-order valence-electron chi connectivity index (χ1n) is 7.31. The number of hydrogen-bond acceptors (Lipinski definition) is 5. The Kier molecular flexibility index (Phi) is 4.83. The molecule has 0 unspecified atom stereocenters. The van der Waals surface area contributed by atoms with Crippen molar-refractivity contribution in [2.24, 2.45) is 0 Å². The standard InChI is InChI=1S/C17H16BrN5/c1-2-19-17-22-15(14-8-3-4-9-20-14)11-16(23-17)21-13-7-5-6-12(18)10-13/h3-11H,2H2,1H3,(H2,19,21,22,23). The number of aromatic nitrogens is 3. The number of halogens is 1. The second-order valence-electron chi connectivity index (χ2n) is 4.84. The predicted molar refractivity (Wildman–Crippen MR) is 96.9 cm³/mol. The summed E-state index contributed by atoms with van der Waals surface area (Å²) in [6.45, 7) is 2.76. The second kappa shape index (κ2) is 7.19. The number of nitrogens with zero attached hydrogens (tertiary/aromatic N) is 3. The summed E-state index contributed by atoms with van der Waals surface area (Å²) in [5.74, 6) is 1.29. The molecule has 0 spiro atoms. The molecule has 0 fully saturated rings. The van der Waals surface area contributed by atoms with Gasteiger partial charge in [-0.2, -0.15) is 4.98 Å². The van der Waals surface area contributed by atoms with Crippen molar-refractivity contribution in [3.05, 3.63) is 59.2 Å². The van der Waals surface area contributed by atoms with Crippen LogP contribution in [0.4, 0.5) is 17.5 Å². The van der Waals surface area contributed by atoms with Gasteiger partial charge in [-0.1, -0.05) is 28.1 Å². The van der Waals surface area contributed by atoms with Crippen molar-refractivity contribution in [1.82, 2.24) is 15.0 Å². The predicted octanol–water partition coefficient (Wildman–Crippen LogP) is 4.48. The minimum absolute atomic E-state index is 0.577. The van der Waals surface area contributed by atoms with Crippen LogP contribution in [0.25, 0.3) is 11.4 Å². The van der Waals surface area contributed by atoms with Crippen LogP contribution in [0.2, 0.25) is 0 Å². The number of nitrogens with one attached hydrogen (secondary N) is 2. The first-order chi connectivity index (χ1) is 11.2. The van der Waals surface area contributed by atoms with E-state index in [0.717, 1.165) is 33.9 Å². The van der Waals surface area contributed by atoms with Gasteiger partial charge in [-0.25, -0.2) is 4.98 Å². The third-order valence-corrected chi connectivity index (χ3v) is 3.58. The minimum atomic E-state index is 0.577. The SMILES string of the molecule is CCNc1nc(Nc2cccc(Br)c2)cc(-c2ccccn2)n1. The summed E-state index contributed by atoms with van der Waals surface area (Å²) in [6, 6.07) is 15.6. The van der Waals surface area contributed by atoms with Gasteiger partial charge in [0.1, 0.15) is 5.82 Å². The topological polar surface area (TPSA) is 62.7 Å². The molecule has 0 saturated carbocycles. The molecule has 0 amide bonds. The molecule has 2 aromatic heterocycles. The minimum Gasteiger partial charge on any atom is -0.354 e. The molecule has 2 N–H and O–H groups in total. The summed E-state index contributed by atoms with van der Waals surface area (Å²) < 4.78 is 1.01. The summed E-state index contributed by atoms with van der Waals surface area (Å²) in [4.78, 5) is 13.4. The molecule has 1 aromatic carbocycles. The van der Waals surface area contributed by atoms with Crippen molar-refractivity contribution in [2.45, 2.75) is 6.92 Å². The quantitative estimate of drug-likeness (QED) is 0.694. The van der Waals surface area contributed by atoms with Crippen LogP contribution < -0.4 is 10.6 Å². The summed E-state index contributed by atoms with van der Waals surface area (Å²) in [5.41, 5.74) is 2.54. The molecule has 0 atom stereocenters. The molecule has 3 aromatic rings. The maximum atomic E-state index is 4.52. The first kappa shape index (κ1) is 15.4. The van der Waals surface area contributed by atoms with Crippen LogP contribution in [0.1, 0.15) is 6.92 Å². The summed E-state index contributed by atoms with van der Waals surface area (Å²) in [6.07, 6.45) is 1.76. The fraction of sp³-hybridized carbons (Fsp3) is 0.118. The second-order valence-corrected chi connectivity index (χ2v) is 5.76. The maximum Gasteiger partial charge on any atom is 0.225 e. The Morgan fingerprint density at radius 3 is 2.65 bits per heavy atom. The van der Waals surface area contributed by atoms with Crippen molar-refractivity contribution in [3.8, 4) is 11.4 Å². The van der Waals surface area contributed by atoms with E-state index in [0.29, 0.717) is 5.95 Å². The van der Waals surface area contributed by atoms with Crippen LogP contribution >= 0.6 is 15.9 Å². The third kappa shape index (κ3) is 4.04. The Morgan fingerprint density at radius 1 is 1.00 bits per heavy atom. The van der Waals surface area contributed by atoms with Crippen molar-refractivity contribution in [2.75, 3.05) is 17.2 Å². The molecule has 0 radical (unpaired) electrons. The van der Waals surface area contributed by atoms with E-state index in [9.17, 15) is 0 Å². The molecule has 5 nitrogen and oxygen atoms in total. The Balaban J connectivity index is 1.97. The Hall–Kier alpha value is -2.47. The van der Waals surface area contributed by atoms with E-state index in [-0.39, 0.29) is 0 Å². The average Bonchev–Trinajstić information content (AvgIpc) is 2.56. The number of pyridine rings is 1. The molecule has 0 aliphatic heterocycles. The number of anilines is 3. The molecule has 3 rings (SSSR count). The fourth-order valence-corrected chi connectivity index (χ4v) is 2.51. The monoisotopic (exact) mass is 369 g/mol. The van der Waals surface area contributed by atoms with Gasteiger partial charge >= 0.3 is 0 Å². The van der Waals surface area contributed by atoms with Crippen LogP contribution in [-0.2, 0) is 0 Å². The van der Waals surface area contributed by atoms with E-state index in [1.54, 1.807) is 6.20 Å². The van der Waals surface area contributed by atoms with Crippen LogP contribution in [0.3, 0.4) is 0 Å². The largest absolute Gasteiger partial charge is 0.354 e. The van der Waals surface area contributed by atoms with Crippen molar-refractivity contribution < 1.29 is 0 Å². The van der Waals surface area contributed by atoms with E-state index in [1.807, 2.05) is 55.5 Å². The lowest BCUT2D eigenvalue weighted by Gasteiger charge is -2.10. The third-order valence-electron chi connectivity index (χ3n) is 3.09. The van der Waals surface area contributed by atoms with Crippen molar-refractivity contribution in [1.29, 1.82) is 0 Å². The summed E-state index contributed by atoms with van der Waals surface area (Å²) in [7, 11) is 0. The van der Waals surface area contributed by atoms with Gasteiger partial charge in [0.2, 0.25) is 5.95 Å². The number of benzene rings is 1. The molecule has 0 saturated heterocycles. The van der Waals surface area contributed by atoms with Gasteiger partial charge < -0.3 is 10.6 Å². The summed E-state index contributed by atoms with van der Waals surface area (Å²) >= 11 is 3.47. The van der Waals surface area contributed by atoms with Crippen LogP contribution in [0.5, 0.6) is 0 Å². The molecule has 0 bridgehead atoms. The highest BCUT2D eigenvalue weighted by Gasteiger charge is 2.07. The molecule has 6 heteroatoms. The van der Waals surface area contributed by atoms with E-state index in [2.05, 4.69) is 41.5 Å². The van der Waals surface area contributed by atoms with E-state index < -0.39 is 0 Å². The van der Waals surface area contributed by atoms with Gasteiger partial charge in [0, 0.05) is 29.0 Å². The van der Waals surface area contributed by atoms with E-state index in [4.69, 9.17) is 0 Å². The molecular formula is C17H16BrN5. The van der Waals surface area contributed by atoms with Crippen molar-refractivity contribution in [3.63, 3.8) is 0 Å². The highest BCUT2D eigenvalue weighted by molar-refractivity contribution is 9.10. The molecule has 0 aliphatic rings. The smallest absolute Gasteiger partial charge is 0.225 e. The zero-order valence-electron chi connectivity index (χ0n) is 12.6. The average molecular weight is 370 g/mol. The molecule has 116 valence electrons. The van der Waals surface area contributed by atoms with Gasteiger partial charge in [-0.05, 0) is 37.3 Å². The van der Waals surface area contributed by atoms with Gasteiger partial charge in [-0.15, -0.1) is 0 Å². The first-order valence-corrected chi connectivity index (χ1v) is 8.11. The van der Waals surface area contributed by atoms with Gasteiger partial charge in [0.15, 0.2) is 0 Å². The highest BCUT2D eigenvalue weighted by Crippen LogP contribution is 2.23. The Bertz CT molecular complexity index is 792. The highest BCUT2D eigenvalue weighted by atomic mass is 79.9. The van der Waals surface area contributed by atoms with E-state index >= 15 is 0 Å². The fourth-order valence-electron chi connectivity index (χ4n) is 2.11.